The molecule has 1 fully saturated rings. The predicted molar refractivity (Wildman–Crippen MR) is 101 cm³/mol. The molecule has 0 spiro atoms. The third-order valence-electron chi connectivity index (χ3n) is 3.22. The number of phenols is 1. The zero-order valence-corrected chi connectivity index (χ0v) is 15.7. The maximum Gasteiger partial charge on any atom is 0.298 e. The van der Waals surface area contributed by atoms with Crippen LogP contribution in [0.15, 0.2) is 45.8 Å². The van der Waals surface area contributed by atoms with E-state index in [1.165, 1.54) is 18.2 Å². The fourth-order valence-corrected chi connectivity index (χ4v) is 3.91. The van der Waals surface area contributed by atoms with E-state index in [0.29, 0.717) is 25.8 Å². The number of imide groups is 1. The monoisotopic (exact) mass is 443 g/mol. The van der Waals surface area contributed by atoms with Gasteiger partial charge in [0.05, 0.1) is 15.1 Å². The Bertz CT molecular complexity index is 884. The number of rotatable bonds is 2. The Morgan fingerprint density at radius 2 is 1.75 bits per heavy atom. The van der Waals surface area contributed by atoms with Crippen LogP contribution in [0.4, 0.5) is 10.5 Å². The van der Waals surface area contributed by atoms with E-state index >= 15 is 0 Å². The van der Waals surface area contributed by atoms with Crippen LogP contribution in [0.1, 0.15) is 5.56 Å². The van der Waals surface area contributed by atoms with Crippen molar-refractivity contribution in [3.8, 4) is 5.75 Å². The van der Waals surface area contributed by atoms with Crippen LogP contribution in [0.25, 0.3) is 6.08 Å². The molecule has 8 heteroatoms. The summed E-state index contributed by atoms with van der Waals surface area (Å²) >= 11 is 15.8. The molecule has 4 nitrogen and oxygen atoms in total. The van der Waals surface area contributed by atoms with E-state index in [-0.39, 0.29) is 10.7 Å². The van der Waals surface area contributed by atoms with Crippen molar-refractivity contribution in [2.75, 3.05) is 4.90 Å². The van der Waals surface area contributed by atoms with Crippen LogP contribution < -0.4 is 4.90 Å². The summed E-state index contributed by atoms with van der Waals surface area (Å²) in [5.74, 6) is -0.527. The highest BCUT2D eigenvalue weighted by molar-refractivity contribution is 9.10. The smallest absolute Gasteiger partial charge is 0.298 e. The molecule has 122 valence electrons. The molecule has 1 aliphatic heterocycles. The minimum atomic E-state index is -0.470. The third-order valence-corrected chi connectivity index (χ3v) is 5.17. The number of benzene rings is 2. The molecular formula is C16H8BrCl2NO3S. The van der Waals surface area contributed by atoms with Crippen LogP contribution in [0.3, 0.4) is 0 Å². The van der Waals surface area contributed by atoms with Crippen LogP contribution in [0.5, 0.6) is 5.75 Å². The standard InChI is InChI=1S/C16H8BrCl2NO3S/c17-12-7-10(19)5-8(14(12)21)6-13-15(22)20(16(23)24-13)11-3-1-9(18)2-4-11/h1-7,21H/b13-6-. The lowest BCUT2D eigenvalue weighted by atomic mass is 10.2. The van der Waals surface area contributed by atoms with Gasteiger partial charge in [-0.3, -0.25) is 9.59 Å². The van der Waals surface area contributed by atoms with Gasteiger partial charge in [-0.1, -0.05) is 23.2 Å². The number of hydrogen-bond donors (Lipinski definition) is 1. The van der Waals surface area contributed by atoms with Gasteiger partial charge >= 0.3 is 0 Å². The molecule has 1 aliphatic rings. The molecule has 1 heterocycles. The minimum absolute atomic E-state index is 0.0577. The van der Waals surface area contributed by atoms with Crippen molar-refractivity contribution < 1.29 is 14.7 Å². The topological polar surface area (TPSA) is 57.6 Å². The lowest BCUT2D eigenvalue weighted by molar-refractivity contribution is -0.113. The molecule has 3 rings (SSSR count). The summed E-state index contributed by atoms with van der Waals surface area (Å²) in [4.78, 5) is 26.0. The van der Waals surface area contributed by atoms with Crippen LogP contribution in [0, 0.1) is 0 Å². The lowest BCUT2D eigenvalue weighted by Crippen LogP contribution is -2.27. The predicted octanol–water partition coefficient (Wildman–Crippen LogP) is 5.70. The molecule has 0 atom stereocenters. The summed E-state index contributed by atoms with van der Waals surface area (Å²) in [6.45, 7) is 0. The average molecular weight is 445 g/mol. The van der Waals surface area contributed by atoms with E-state index in [1.807, 2.05) is 0 Å². The number of hydrogen-bond acceptors (Lipinski definition) is 4. The summed E-state index contributed by atoms with van der Waals surface area (Å²) in [7, 11) is 0. The molecule has 0 radical (unpaired) electrons. The molecule has 0 aromatic heterocycles. The number of thioether (sulfide) groups is 1. The Hall–Kier alpha value is -1.47. The number of aromatic hydroxyl groups is 1. The van der Waals surface area contributed by atoms with E-state index in [4.69, 9.17) is 23.2 Å². The van der Waals surface area contributed by atoms with Crippen LogP contribution in [0.2, 0.25) is 10.0 Å². The molecule has 0 saturated carbocycles. The zero-order chi connectivity index (χ0) is 17.4. The highest BCUT2D eigenvalue weighted by atomic mass is 79.9. The largest absolute Gasteiger partial charge is 0.506 e. The van der Waals surface area contributed by atoms with E-state index < -0.39 is 11.1 Å². The molecular weight excluding hydrogens is 437 g/mol. The molecule has 24 heavy (non-hydrogen) atoms. The van der Waals surface area contributed by atoms with Gasteiger partial charge in [-0.25, -0.2) is 4.90 Å². The molecule has 0 unspecified atom stereocenters. The van der Waals surface area contributed by atoms with Gasteiger partial charge in [-0.2, -0.15) is 0 Å². The van der Waals surface area contributed by atoms with E-state index in [9.17, 15) is 14.7 Å². The summed E-state index contributed by atoms with van der Waals surface area (Å²) in [5.41, 5.74) is 0.776. The minimum Gasteiger partial charge on any atom is -0.506 e. The number of carbonyl (C=O) groups is 2. The van der Waals surface area contributed by atoms with Crippen LogP contribution >= 0.6 is 50.9 Å². The average Bonchev–Trinajstić information content (AvgIpc) is 2.80. The Kier molecular flexibility index (Phi) is 4.92. The molecule has 1 N–H and O–H groups in total. The van der Waals surface area contributed by atoms with Crippen molar-refractivity contribution in [2.45, 2.75) is 0 Å². The summed E-state index contributed by atoms with van der Waals surface area (Å²) in [6.07, 6.45) is 1.44. The van der Waals surface area contributed by atoms with Crippen molar-refractivity contribution in [1.82, 2.24) is 0 Å². The number of carbonyl (C=O) groups excluding carboxylic acids is 2. The second-order valence-corrected chi connectivity index (χ2v) is 7.54. The zero-order valence-electron chi connectivity index (χ0n) is 11.8. The number of amides is 2. The van der Waals surface area contributed by atoms with Gasteiger partial charge in [-0.15, -0.1) is 0 Å². The summed E-state index contributed by atoms with van der Waals surface area (Å²) in [5, 5.41) is 10.5. The van der Waals surface area contributed by atoms with E-state index in [1.54, 1.807) is 24.3 Å². The van der Waals surface area contributed by atoms with Gasteiger partial charge in [0.1, 0.15) is 5.75 Å². The highest BCUT2D eigenvalue weighted by Gasteiger charge is 2.36. The maximum absolute atomic E-state index is 12.5. The van der Waals surface area contributed by atoms with Crippen molar-refractivity contribution in [2.24, 2.45) is 0 Å². The number of phenolic OH excluding ortho intramolecular Hbond substituents is 1. The first-order valence-corrected chi connectivity index (χ1v) is 8.95. The third kappa shape index (κ3) is 3.32. The molecule has 2 aromatic rings. The van der Waals surface area contributed by atoms with Gasteiger partial charge in [0.25, 0.3) is 11.1 Å². The van der Waals surface area contributed by atoms with Gasteiger partial charge in [-0.05, 0) is 70.2 Å². The molecule has 2 amide bonds. The number of halogens is 3. The van der Waals surface area contributed by atoms with Gasteiger partial charge < -0.3 is 5.11 Å². The van der Waals surface area contributed by atoms with Gasteiger partial charge in [0, 0.05) is 15.6 Å². The quantitative estimate of drug-likeness (QED) is 0.603. The first kappa shape index (κ1) is 17.4. The second-order valence-electron chi connectivity index (χ2n) is 4.82. The normalized spacial score (nSPS) is 16.3. The Labute approximate surface area is 160 Å². The first-order chi connectivity index (χ1) is 11.4. The van der Waals surface area contributed by atoms with E-state index in [0.717, 1.165) is 16.7 Å². The van der Waals surface area contributed by atoms with Crippen molar-refractivity contribution >= 4 is 73.8 Å². The van der Waals surface area contributed by atoms with Crippen LogP contribution in [-0.4, -0.2) is 16.3 Å². The van der Waals surface area contributed by atoms with Crippen molar-refractivity contribution in [1.29, 1.82) is 0 Å². The Balaban J connectivity index is 1.98. The van der Waals surface area contributed by atoms with Crippen LogP contribution in [-0.2, 0) is 4.79 Å². The van der Waals surface area contributed by atoms with E-state index in [2.05, 4.69) is 15.9 Å². The maximum atomic E-state index is 12.5. The molecule has 0 aliphatic carbocycles. The van der Waals surface area contributed by atoms with Crippen molar-refractivity contribution in [3.05, 3.63) is 61.4 Å². The second kappa shape index (κ2) is 6.80. The molecule has 0 bridgehead atoms. The fraction of sp³-hybridized carbons (Fsp3) is 0. The van der Waals surface area contributed by atoms with Gasteiger partial charge in [0.15, 0.2) is 0 Å². The SMILES string of the molecule is O=C1S/C(=C\c2cc(Cl)cc(Br)c2O)C(=O)N1c1ccc(Cl)cc1. The first-order valence-electron chi connectivity index (χ1n) is 6.58. The Morgan fingerprint density at radius 3 is 2.42 bits per heavy atom. The fourth-order valence-electron chi connectivity index (χ4n) is 2.12. The molecule has 2 aromatic carbocycles. The summed E-state index contributed by atoms with van der Waals surface area (Å²) in [6, 6.07) is 9.43. The van der Waals surface area contributed by atoms with Gasteiger partial charge in [0.2, 0.25) is 0 Å². The highest BCUT2D eigenvalue weighted by Crippen LogP contribution is 2.39. The lowest BCUT2D eigenvalue weighted by Gasteiger charge is -2.12. The number of anilines is 1. The Morgan fingerprint density at radius 1 is 1.08 bits per heavy atom. The molecule has 1 saturated heterocycles. The van der Waals surface area contributed by atoms with Crippen molar-refractivity contribution in [3.63, 3.8) is 0 Å². The number of nitrogens with zero attached hydrogens (tertiary/aromatic N) is 1. The summed E-state index contributed by atoms with van der Waals surface area (Å²) < 4.78 is 0.401.